The van der Waals surface area contributed by atoms with Gasteiger partial charge in [0.15, 0.2) is 5.01 Å². The van der Waals surface area contributed by atoms with Gasteiger partial charge < -0.3 is 18.7 Å². The summed E-state index contributed by atoms with van der Waals surface area (Å²) >= 11 is 1.09. The minimum atomic E-state index is -5.09. The molecule has 0 radical (unpaired) electrons. The number of nitrogens with zero attached hydrogens (tertiary/aromatic N) is 4. The third kappa shape index (κ3) is 4.41. The molecule has 0 spiro atoms. The van der Waals surface area contributed by atoms with Gasteiger partial charge in [0.1, 0.15) is 11.5 Å². The van der Waals surface area contributed by atoms with Gasteiger partial charge in [-0.15, -0.1) is 11.3 Å². The summed E-state index contributed by atoms with van der Waals surface area (Å²) in [4.78, 5) is 44.2. The Morgan fingerprint density at radius 2 is 1.93 bits per heavy atom. The summed E-state index contributed by atoms with van der Waals surface area (Å²) in [5.74, 6) is 0.506. The Hall–Kier alpha value is -0.650. The standard InChI is InChI=1S/C15H12N5O4PS.2Na/c1-8-16-14(19-18-8)11-7-26-15(17-11)13(21)10-6-20(25(22,23)24)12-5-3-2-4-9(10)12;;/h2-7H,1H3,(H,16,18,19)(H2,22,23,24);;/q;2*+1/p-2. The fourth-order valence-electron chi connectivity index (χ4n) is 2.60. The maximum atomic E-state index is 12.8. The minimum Gasteiger partial charge on any atom is -0.795 e. The molecule has 0 atom stereocenters. The number of carbonyl (C=O) groups excluding carboxylic acids is 1. The fraction of sp³-hybridized carbons (Fsp3) is 0.0667. The van der Waals surface area contributed by atoms with Gasteiger partial charge in [0.2, 0.25) is 11.6 Å². The molecule has 0 aliphatic carbocycles. The van der Waals surface area contributed by atoms with E-state index in [2.05, 4.69) is 20.2 Å². The number of hydrogen-bond acceptors (Lipinski definition) is 8. The van der Waals surface area contributed by atoms with Crippen LogP contribution in [0.5, 0.6) is 0 Å². The van der Waals surface area contributed by atoms with Gasteiger partial charge in [-0.1, -0.05) is 18.2 Å². The van der Waals surface area contributed by atoms with Crippen LogP contribution in [0.25, 0.3) is 22.4 Å². The fourth-order valence-corrected chi connectivity index (χ4v) is 4.04. The zero-order valence-corrected chi connectivity index (χ0v) is 21.0. The molecule has 3 aromatic heterocycles. The van der Waals surface area contributed by atoms with E-state index in [0.29, 0.717) is 27.1 Å². The van der Waals surface area contributed by atoms with E-state index < -0.39 is 13.5 Å². The summed E-state index contributed by atoms with van der Waals surface area (Å²) in [6.45, 7) is 1.74. The molecule has 0 aliphatic rings. The maximum absolute atomic E-state index is 12.8. The quantitative estimate of drug-likeness (QED) is 0.193. The molecule has 0 fully saturated rings. The zero-order chi connectivity index (χ0) is 18.5. The van der Waals surface area contributed by atoms with Crippen LogP contribution < -0.4 is 68.9 Å². The first-order valence-corrected chi connectivity index (χ1v) is 9.74. The summed E-state index contributed by atoms with van der Waals surface area (Å²) in [5, 5.41) is 8.85. The second-order valence-electron chi connectivity index (χ2n) is 5.48. The normalized spacial score (nSPS) is 11.1. The Bertz CT molecular complexity index is 1200. The van der Waals surface area contributed by atoms with Gasteiger partial charge in [-0.25, -0.2) is 9.97 Å². The number of H-pyrrole nitrogens is 1. The average Bonchev–Trinajstić information content (AvgIpc) is 3.31. The van der Waals surface area contributed by atoms with E-state index in [1.165, 1.54) is 6.07 Å². The van der Waals surface area contributed by atoms with Crippen molar-refractivity contribution < 1.29 is 78.3 Å². The first-order chi connectivity index (χ1) is 12.3. The predicted octanol–water partition coefficient (Wildman–Crippen LogP) is -4.89. The second-order valence-corrected chi connectivity index (χ2v) is 7.71. The number of aromatic nitrogens is 5. The van der Waals surface area contributed by atoms with Crippen LogP contribution in [0.1, 0.15) is 21.2 Å². The maximum Gasteiger partial charge on any atom is 1.00 e. The van der Waals surface area contributed by atoms with E-state index in [1.54, 1.807) is 30.5 Å². The third-order valence-corrected chi connectivity index (χ3v) is 5.43. The molecule has 0 aliphatic heterocycles. The van der Waals surface area contributed by atoms with Crippen LogP contribution in [-0.2, 0) is 4.57 Å². The van der Waals surface area contributed by atoms with Crippen LogP contribution in [0.4, 0.5) is 0 Å². The molecule has 4 aromatic rings. The van der Waals surface area contributed by atoms with Crippen molar-refractivity contribution >= 4 is 35.8 Å². The van der Waals surface area contributed by atoms with Gasteiger partial charge in [-0.3, -0.25) is 9.89 Å². The Morgan fingerprint density at radius 1 is 1.21 bits per heavy atom. The van der Waals surface area contributed by atoms with Crippen LogP contribution >= 0.6 is 19.1 Å². The number of para-hydroxylation sites is 1. The van der Waals surface area contributed by atoms with Crippen molar-refractivity contribution in [2.45, 2.75) is 6.92 Å². The van der Waals surface area contributed by atoms with Crippen molar-refractivity contribution in [3.63, 3.8) is 0 Å². The number of aromatic amines is 1. The van der Waals surface area contributed by atoms with E-state index in [9.17, 15) is 19.1 Å². The van der Waals surface area contributed by atoms with Gasteiger partial charge in [0.05, 0.1) is 11.1 Å². The number of rotatable bonds is 4. The van der Waals surface area contributed by atoms with Gasteiger partial charge in [0.25, 0.3) is 0 Å². The molecule has 0 bridgehead atoms. The molecule has 0 unspecified atom stereocenters. The number of ketones is 1. The van der Waals surface area contributed by atoms with Crippen molar-refractivity contribution in [3.05, 3.63) is 52.2 Å². The Morgan fingerprint density at radius 3 is 2.57 bits per heavy atom. The molecule has 13 heteroatoms. The first-order valence-electron chi connectivity index (χ1n) is 7.37. The minimum absolute atomic E-state index is 0. The SMILES string of the molecule is Cc1nc(-c2csc(C(=O)c3cn(P(=O)([O-])[O-])c4ccccc34)n2)n[nH]1.[Na+].[Na+]. The number of benzene rings is 1. The molecule has 0 saturated carbocycles. The Kier molecular flexibility index (Phi) is 7.60. The third-order valence-electron chi connectivity index (χ3n) is 3.73. The smallest absolute Gasteiger partial charge is 0.795 e. The van der Waals surface area contributed by atoms with Crippen molar-refractivity contribution in [1.82, 2.24) is 24.5 Å². The largest absolute Gasteiger partial charge is 1.00 e. The van der Waals surface area contributed by atoms with E-state index in [1.807, 2.05) is 0 Å². The monoisotopic (exact) mass is 433 g/mol. The Labute approximate surface area is 207 Å². The molecular weight excluding hydrogens is 423 g/mol. The molecule has 4 rings (SSSR count). The summed E-state index contributed by atoms with van der Waals surface area (Å²) in [6, 6.07) is 6.31. The zero-order valence-electron chi connectivity index (χ0n) is 15.2. The van der Waals surface area contributed by atoms with Gasteiger partial charge in [0, 0.05) is 24.7 Å². The Balaban J connectivity index is 0.00000140. The van der Waals surface area contributed by atoms with Crippen LogP contribution in [-0.4, -0.2) is 30.3 Å². The molecule has 3 heterocycles. The summed E-state index contributed by atoms with van der Waals surface area (Å²) < 4.78 is 12.1. The molecule has 1 aromatic carbocycles. The molecule has 132 valence electrons. The number of carbonyl (C=O) groups is 1. The predicted molar refractivity (Wildman–Crippen MR) is 90.6 cm³/mol. The van der Waals surface area contributed by atoms with Crippen molar-refractivity contribution in [2.24, 2.45) is 0 Å². The van der Waals surface area contributed by atoms with E-state index in [4.69, 9.17) is 0 Å². The molecular formula is C15H10N5Na2O4PS. The number of hydrogen-bond donors (Lipinski definition) is 1. The number of nitrogens with one attached hydrogen (secondary N) is 1. The van der Waals surface area contributed by atoms with Gasteiger partial charge >= 0.3 is 59.1 Å². The number of fused-ring (bicyclic) bond motifs is 1. The second kappa shape index (κ2) is 9.01. The first kappa shape index (κ1) is 23.6. The van der Waals surface area contributed by atoms with Crippen LogP contribution in [0.15, 0.2) is 35.8 Å². The van der Waals surface area contributed by atoms with Crippen molar-refractivity contribution in [3.8, 4) is 11.5 Å². The van der Waals surface area contributed by atoms with Crippen LogP contribution in [0, 0.1) is 6.92 Å². The molecule has 1 N–H and O–H groups in total. The molecule has 0 amide bonds. The summed E-state index contributed by atoms with van der Waals surface area (Å²) in [7, 11) is -5.09. The van der Waals surface area contributed by atoms with E-state index >= 15 is 0 Å². The summed E-state index contributed by atoms with van der Waals surface area (Å²) in [5.41, 5.74) is 0.690. The summed E-state index contributed by atoms with van der Waals surface area (Å²) in [6.07, 6.45) is 1.05. The van der Waals surface area contributed by atoms with Crippen molar-refractivity contribution in [2.75, 3.05) is 0 Å². The number of thiazole rings is 1. The van der Waals surface area contributed by atoms with Gasteiger partial charge in [-0.2, -0.15) is 5.10 Å². The van der Waals surface area contributed by atoms with E-state index in [0.717, 1.165) is 17.5 Å². The number of aryl methyl sites for hydroxylation is 1. The average molecular weight is 433 g/mol. The topological polar surface area (TPSA) is 140 Å². The molecule has 0 saturated heterocycles. The van der Waals surface area contributed by atoms with Crippen molar-refractivity contribution in [1.29, 1.82) is 0 Å². The van der Waals surface area contributed by atoms with Crippen LogP contribution in [0.3, 0.4) is 0 Å². The molecule has 9 nitrogen and oxygen atoms in total. The molecule has 28 heavy (non-hydrogen) atoms. The van der Waals surface area contributed by atoms with Crippen LogP contribution in [0.2, 0.25) is 0 Å². The van der Waals surface area contributed by atoms with Gasteiger partial charge in [-0.05, 0) is 13.0 Å². The van der Waals surface area contributed by atoms with E-state index in [-0.39, 0.29) is 75.2 Å².